The molecule has 314 valence electrons. The number of para-hydroxylation sites is 2. The summed E-state index contributed by atoms with van der Waals surface area (Å²) in [4.78, 5) is 5.23. The number of rotatable bonds is 7. The highest BCUT2D eigenvalue weighted by molar-refractivity contribution is 6.12. The molecular formula is C62H36N6. The molecule has 68 heavy (non-hydrogen) atoms. The molecule has 0 fully saturated rings. The van der Waals surface area contributed by atoms with Crippen LogP contribution >= 0.6 is 0 Å². The Bertz CT molecular complexity index is 3870. The van der Waals surface area contributed by atoms with Crippen molar-refractivity contribution in [3.8, 4) is 85.5 Å². The van der Waals surface area contributed by atoms with Crippen LogP contribution in [0.1, 0.15) is 16.7 Å². The predicted molar refractivity (Wildman–Crippen MR) is 274 cm³/mol. The largest absolute Gasteiger partial charge is 0.308 e. The summed E-state index contributed by atoms with van der Waals surface area (Å²) in [5.41, 5.74) is 16.0. The minimum absolute atomic E-state index is 0.498. The number of aromatic nitrogens is 3. The zero-order chi connectivity index (χ0) is 45.7. The van der Waals surface area contributed by atoms with E-state index in [4.69, 9.17) is 4.98 Å². The average Bonchev–Trinajstić information content (AvgIpc) is 3.92. The summed E-state index contributed by atoms with van der Waals surface area (Å²) in [6, 6.07) is 81.3. The van der Waals surface area contributed by atoms with Crippen molar-refractivity contribution >= 4 is 43.6 Å². The van der Waals surface area contributed by atoms with Crippen molar-refractivity contribution in [3.05, 3.63) is 235 Å². The molecule has 3 heterocycles. The highest BCUT2D eigenvalue weighted by atomic mass is 15.0. The molecule has 0 N–H and O–H groups in total. The summed E-state index contributed by atoms with van der Waals surface area (Å²) in [6.45, 7) is 0. The van der Waals surface area contributed by atoms with E-state index in [0.29, 0.717) is 16.7 Å². The van der Waals surface area contributed by atoms with E-state index in [-0.39, 0.29) is 0 Å². The minimum atomic E-state index is 0.498. The summed E-state index contributed by atoms with van der Waals surface area (Å²) in [6.07, 6.45) is 0. The van der Waals surface area contributed by atoms with Crippen LogP contribution in [0.25, 0.3) is 111 Å². The van der Waals surface area contributed by atoms with E-state index < -0.39 is 0 Å². The number of nitriles is 3. The fraction of sp³-hybridized carbons (Fsp3) is 0. The standard InChI is InChI=1S/C62H36N6/c63-37-44-19-7-9-21-48(44)42-27-29-59-52(31-42)50-23-11-13-25-57(50)67(59)61-35-47(46-33-55(40-15-3-1-4-16-40)66-56(34-46)41-17-5-2-6-18-41)36-62(54(61)39-65)68-58-26-14-12-24-51(58)53-32-43(28-30-60(53)68)49-22-10-8-20-45(49)38-64/h1-36H. The van der Waals surface area contributed by atoms with Gasteiger partial charge in [-0.05, 0) is 106 Å². The van der Waals surface area contributed by atoms with Crippen LogP contribution in [-0.4, -0.2) is 14.1 Å². The summed E-state index contributed by atoms with van der Waals surface area (Å²) >= 11 is 0. The van der Waals surface area contributed by atoms with Crippen LogP contribution in [-0.2, 0) is 0 Å². The first-order valence-corrected chi connectivity index (χ1v) is 22.4. The lowest BCUT2D eigenvalue weighted by Gasteiger charge is -2.19. The van der Waals surface area contributed by atoms with Gasteiger partial charge in [0, 0.05) is 32.7 Å². The maximum absolute atomic E-state index is 11.7. The van der Waals surface area contributed by atoms with Gasteiger partial charge in [0.2, 0.25) is 0 Å². The van der Waals surface area contributed by atoms with E-state index in [1.54, 1.807) is 0 Å². The Morgan fingerprint density at radius 1 is 0.309 bits per heavy atom. The van der Waals surface area contributed by atoms with Gasteiger partial charge in [-0.15, -0.1) is 0 Å². The number of fused-ring (bicyclic) bond motifs is 6. The smallest absolute Gasteiger partial charge is 0.104 e. The van der Waals surface area contributed by atoms with Crippen molar-refractivity contribution in [3.63, 3.8) is 0 Å². The molecule has 12 rings (SSSR count). The highest BCUT2D eigenvalue weighted by Gasteiger charge is 2.24. The fourth-order valence-corrected chi connectivity index (χ4v) is 9.92. The zero-order valence-electron chi connectivity index (χ0n) is 36.5. The number of nitrogens with zero attached hydrogens (tertiary/aromatic N) is 6. The molecule has 0 spiro atoms. The van der Waals surface area contributed by atoms with Crippen LogP contribution in [0.3, 0.4) is 0 Å². The molecule has 9 aromatic carbocycles. The van der Waals surface area contributed by atoms with Gasteiger partial charge in [0.25, 0.3) is 0 Å². The van der Waals surface area contributed by atoms with Crippen molar-refractivity contribution in [1.82, 2.24) is 14.1 Å². The Balaban J connectivity index is 1.19. The van der Waals surface area contributed by atoms with Gasteiger partial charge < -0.3 is 9.13 Å². The van der Waals surface area contributed by atoms with Crippen molar-refractivity contribution in [2.45, 2.75) is 0 Å². The second-order valence-electron chi connectivity index (χ2n) is 16.8. The Morgan fingerprint density at radius 3 is 1.16 bits per heavy atom. The Hall–Kier alpha value is -9.80. The van der Waals surface area contributed by atoms with Gasteiger partial charge >= 0.3 is 0 Å². The van der Waals surface area contributed by atoms with E-state index in [9.17, 15) is 15.8 Å². The molecule has 0 amide bonds. The van der Waals surface area contributed by atoms with Crippen molar-refractivity contribution in [1.29, 1.82) is 15.8 Å². The van der Waals surface area contributed by atoms with Crippen LogP contribution in [0.15, 0.2) is 218 Å². The summed E-state index contributed by atoms with van der Waals surface area (Å²) in [5, 5.41) is 35.9. The maximum Gasteiger partial charge on any atom is 0.104 e. The molecule has 0 atom stereocenters. The van der Waals surface area contributed by atoms with Crippen LogP contribution in [0.5, 0.6) is 0 Å². The lowest BCUT2D eigenvalue weighted by Crippen LogP contribution is -2.05. The van der Waals surface area contributed by atoms with Gasteiger partial charge in [0.05, 0.1) is 68.1 Å². The van der Waals surface area contributed by atoms with Gasteiger partial charge in [0.15, 0.2) is 0 Å². The van der Waals surface area contributed by atoms with Gasteiger partial charge in [-0.2, -0.15) is 15.8 Å². The molecule has 0 radical (unpaired) electrons. The predicted octanol–water partition coefficient (Wildman–Crippen LogP) is 15.2. The highest BCUT2D eigenvalue weighted by Crippen LogP contribution is 2.43. The van der Waals surface area contributed by atoms with Gasteiger partial charge in [-0.1, -0.05) is 146 Å². The van der Waals surface area contributed by atoms with Crippen molar-refractivity contribution < 1.29 is 0 Å². The molecule has 0 aliphatic carbocycles. The van der Waals surface area contributed by atoms with Gasteiger partial charge in [0.1, 0.15) is 11.6 Å². The first kappa shape index (κ1) is 39.8. The van der Waals surface area contributed by atoms with Crippen LogP contribution < -0.4 is 0 Å². The third-order valence-electron chi connectivity index (χ3n) is 13.1. The molecule has 6 heteroatoms. The van der Waals surface area contributed by atoms with Crippen LogP contribution in [0.2, 0.25) is 0 Å². The Kier molecular flexibility index (Phi) is 9.55. The molecule has 0 saturated carbocycles. The molecule has 0 bridgehead atoms. The third-order valence-corrected chi connectivity index (χ3v) is 13.1. The number of pyridine rings is 1. The van der Waals surface area contributed by atoms with Crippen molar-refractivity contribution in [2.24, 2.45) is 0 Å². The molecule has 6 nitrogen and oxygen atoms in total. The molecule has 0 aliphatic heterocycles. The van der Waals surface area contributed by atoms with Gasteiger partial charge in [-0.3, -0.25) is 0 Å². The van der Waals surface area contributed by atoms with Crippen LogP contribution in [0, 0.1) is 34.0 Å². The van der Waals surface area contributed by atoms with E-state index in [1.807, 2.05) is 109 Å². The van der Waals surface area contributed by atoms with E-state index in [1.165, 1.54) is 0 Å². The summed E-state index contributed by atoms with van der Waals surface area (Å²) in [5.74, 6) is 0. The lowest BCUT2D eigenvalue weighted by molar-refractivity contribution is 1.12. The minimum Gasteiger partial charge on any atom is -0.308 e. The first-order valence-electron chi connectivity index (χ1n) is 22.4. The molecule has 3 aromatic heterocycles. The van der Waals surface area contributed by atoms with Gasteiger partial charge in [-0.25, -0.2) is 4.98 Å². The van der Waals surface area contributed by atoms with E-state index in [2.05, 4.69) is 137 Å². The SMILES string of the molecule is N#Cc1ccccc1-c1ccc2c(c1)c1ccccc1n2-c1cc(-c2cc(-c3ccccc3)nc(-c3ccccc3)c2)cc(-n2c3ccccc3c3cc(-c4ccccc4C#N)ccc32)c1C#N. The van der Waals surface area contributed by atoms with E-state index in [0.717, 1.165) is 111 Å². The molecule has 12 aromatic rings. The molecule has 0 saturated heterocycles. The monoisotopic (exact) mass is 864 g/mol. The third kappa shape index (κ3) is 6.51. The number of hydrogen-bond donors (Lipinski definition) is 0. The Labute approximate surface area is 392 Å². The maximum atomic E-state index is 11.7. The zero-order valence-corrected chi connectivity index (χ0v) is 36.5. The second-order valence-corrected chi connectivity index (χ2v) is 16.8. The Morgan fingerprint density at radius 2 is 0.706 bits per heavy atom. The number of benzene rings is 9. The normalized spacial score (nSPS) is 11.2. The first-order chi connectivity index (χ1) is 33.6. The van der Waals surface area contributed by atoms with Crippen LogP contribution in [0.4, 0.5) is 0 Å². The summed E-state index contributed by atoms with van der Waals surface area (Å²) in [7, 11) is 0. The van der Waals surface area contributed by atoms with Crippen molar-refractivity contribution in [2.75, 3.05) is 0 Å². The molecule has 0 aliphatic rings. The average molecular weight is 865 g/mol. The topological polar surface area (TPSA) is 94.1 Å². The second kappa shape index (κ2) is 16.3. The molecule has 0 unspecified atom stereocenters. The number of hydrogen-bond acceptors (Lipinski definition) is 4. The molecular weight excluding hydrogens is 829 g/mol. The summed E-state index contributed by atoms with van der Waals surface area (Å²) < 4.78 is 4.44. The van der Waals surface area contributed by atoms with E-state index >= 15 is 0 Å². The quantitative estimate of drug-likeness (QED) is 0.159. The lowest BCUT2D eigenvalue weighted by atomic mass is 9.96. The fourth-order valence-electron chi connectivity index (χ4n) is 9.92.